The first-order valence-corrected chi connectivity index (χ1v) is 8.07. The van der Waals surface area contributed by atoms with Crippen LogP contribution in [0.4, 0.5) is 5.69 Å². The average Bonchev–Trinajstić information content (AvgIpc) is 2.59. The number of carbonyl (C=O) groups excluding carboxylic acids is 1. The van der Waals surface area contributed by atoms with Crippen LogP contribution >= 0.6 is 0 Å². The molecule has 0 saturated carbocycles. The predicted octanol–water partition coefficient (Wildman–Crippen LogP) is 2.33. The number of nitrogens with one attached hydrogen (secondary N) is 2. The molecule has 1 aromatic heterocycles. The van der Waals surface area contributed by atoms with Gasteiger partial charge in [-0.2, -0.15) is 0 Å². The van der Waals surface area contributed by atoms with Gasteiger partial charge in [-0.1, -0.05) is 38.1 Å². The Morgan fingerprint density at radius 1 is 1.12 bits per heavy atom. The highest BCUT2D eigenvalue weighted by Gasteiger charge is 2.10. The molecule has 3 aromatic rings. The number of benzene rings is 2. The second kappa shape index (κ2) is 6.76. The maximum absolute atomic E-state index is 12.6. The third kappa shape index (κ3) is 3.52. The summed E-state index contributed by atoms with van der Waals surface area (Å²) in [5.41, 5.74) is 1.12. The highest BCUT2D eigenvalue weighted by atomic mass is 16.2. The third-order valence-electron chi connectivity index (χ3n) is 3.95. The monoisotopic (exact) mass is 337 g/mol. The van der Waals surface area contributed by atoms with Gasteiger partial charge in [-0.3, -0.25) is 14.2 Å². The van der Waals surface area contributed by atoms with Gasteiger partial charge in [0.15, 0.2) is 0 Å². The van der Waals surface area contributed by atoms with Crippen molar-refractivity contribution in [1.29, 1.82) is 0 Å². The summed E-state index contributed by atoms with van der Waals surface area (Å²) >= 11 is 0. The van der Waals surface area contributed by atoms with Crippen molar-refractivity contribution in [2.45, 2.75) is 20.4 Å². The largest absolute Gasteiger partial charge is 0.329 e. The van der Waals surface area contributed by atoms with E-state index in [1.807, 2.05) is 19.9 Å². The molecule has 2 N–H and O–H groups in total. The maximum Gasteiger partial charge on any atom is 0.329 e. The molecule has 6 nitrogen and oxygen atoms in total. The summed E-state index contributed by atoms with van der Waals surface area (Å²) < 4.78 is 1.16. The molecule has 0 aliphatic carbocycles. The Bertz CT molecular complexity index is 1050. The van der Waals surface area contributed by atoms with Gasteiger partial charge in [0.05, 0.1) is 17.4 Å². The van der Waals surface area contributed by atoms with Gasteiger partial charge < -0.3 is 10.3 Å². The summed E-state index contributed by atoms with van der Waals surface area (Å²) in [5.74, 6) is -0.215. The maximum atomic E-state index is 12.6. The van der Waals surface area contributed by atoms with E-state index in [-0.39, 0.29) is 23.9 Å². The standard InChI is InChI=1S/C19H19N3O3/c1-12(2)17(23)20-14-7-5-6-13(10-14)11-22-18(24)15-8-3-4-9-16(15)21-19(22)25/h3-10,12H,11H2,1-2H3,(H,20,23)(H,21,25). The molecular formula is C19H19N3O3. The molecule has 1 heterocycles. The van der Waals surface area contributed by atoms with Crippen molar-refractivity contribution in [3.05, 3.63) is 74.9 Å². The zero-order valence-electron chi connectivity index (χ0n) is 14.1. The van der Waals surface area contributed by atoms with Crippen LogP contribution in [0.15, 0.2) is 58.1 Å². The van der Waals surface area contributed by atoms with Crippen molar-refractivity contribution >= 4 is 22.5 Å². The minimum atomic E-state index is -0.458. The van der Waals surface area contributed by atoms with Gasteiger partial charge in [0.25, 0.3) is 5.56 Å². The van der Waals surface area contributed by atoms with Crippen molar-refractivity contribution < 1.29 is 4.79 Å². The number of carbonyl (C=O) groups is 1. The molecule has 0 spiro atoms. The number of hydrogen-bond acceptors (Lipinski definition) is 3. The Morgan fingerprint density at radius 2 is 1.88 bits per heavy atom. The van der Waals surface area contributed by atoms with E-state index >= 15 is 0 Å². The lowest BCUT2D eigenvalue weighted by Gasteiger charge is -2.10. The first kappa shape index (κ1) is 16.7. The van der Waals surface area contributed by atoms with Crippen LogP contribution in [0.25, 0.3) is 10.9 Å². The predicted molar refractivity (Wildman–Crippen MR) is 97.8 cm³/mol. The Hall–Kier alpha value is -3.15. The minimum Gasteiger partial charge on any atom is -0.326 e. The molecule has 1 amide bonds. The van der Waals surface area contributed by atoms with Crippen molar-refractivity contribution in [3.63, 3.8) is 0 Å². The molecule has 6 heteroatoms. The quantitative estimate of drug-likeness (QED) is 0.766. The van der Waals surface area contributed by atoms with E-state index in [4.69, 9.17) is 0 Å². The zero-order chi connectivity index (χ0) is 18.0. The van der Waals surface area contributed by atoms with E-state index < -0.39 is 5.69 Å². The van der Waals surface area contributed by atoms with Crippen LogP contribution in [0.1, 0.15) is 19.4 Å². The molecular weight excluding hydrogens is 318 g/mol. The number of hydrogen-bond donors (Lipinski definition) is 2. The van der Waals surface area contributed by atoms with Crippen molar-refractivity contribution in [2.75, 3.05) is 5.32 Å². The van der Waals surface area contributed by atoms with Crippen molar-refractivity contribution in [3.8, 4) is 0 Å². The number of aromatic nitrogens is 2. The van der Waals surface area contributed by atoms with E-state index in [1.165, 1.54) is 0 Å². The van der Waals surface area contributed by atoms with Gasteiger partial charge in [-0.05, 0) is 29.8 Å². The Balaban J connectivity index is 1.96. The van der Waals surface area contributed by atoms with E-state index in [9.17, 15) is 14.4 Å². The molecule has 0 radical (unpaired) electrons. The molecule has 0 unspecified atom stereocenters. The van der Waals surface area contributed by atoms with Gasteiger partial charge in [0.2, 0.25) is 5.91 Å². The van der Waals surface area contributed by atoms with Gasteiger partial charge >= 0.3 is 5.69 Å². The first-order chi connectivity index (χ1) is 12.0. The van der Waals surface area contributed by atoms with Crippen molar-refractivity contribution in [1.82, 2.24) is 9.55 Å². The zero-order valence-corrected chi connectivity index (χ0v) is 14.1. The molecule has 128 valence electrons. The lowest BCUT2D eigenvalue weighted by Crippen LogP contribution is -2.35. The molecule has 25 heavy (non-hydrogen) atoms. The number of rotatable bonds is 4. The molecule has 3 rings (SSSR count). The van der Waals surface area contributed by atoms with Gasteiger partial charge in [-0.15, -0.1) is 0 Å². The number of H-pyrrole nitrogens is 1. The van der Waals surface area contributed by atoms with Crippen LogP contribution in [-0.4, -0.2) is 15.5 Å². The highest BCUT2D eigenvalue weighted by molar-refractivity contribution is 5.92. The van der Waals surface area contributed by atoms with Crippen LogP contribution in [-0.2, 0) is 11.3 Å². The third-order valence-corrected chi connectivity index (χ3v) is 3.95. The van der Waals surface area contributed by atoms with Crippen LogP contribution < -0.4 is 16.6 Å². The Morgan fingerprint density at radius 3 is 2.64 bits per heavy atom. The highest BCUT2D eigenvalue weighted by Crippen LogP contribution is 2.13. The smallest absolute Gasteiger partial charge is 0.326 e. The second-order valence-corrected chi connectivity index (χ2v) is 6.21. The van der Waals surface area contributed by atoms with Crippen LogP contribution in [0.2, 0.25) is 0 Å². The molecule has 0 atom stereocenters. The number of aromatic amines is 1. The molecule has 2 aromatic carbocycles. The normalized spacial score (nSPS) is 11.0. The summed E-state index contributed by atoms with van der Waals surface area (Å²) in [7, 11) is 0. The topological polar surface area (TPSA) is 84.0 Å². The number of fused-ring (bicyclic) bond motifs is 1. The molecule has 0 aliphatic heterocycles. The van der Waals surface area contributed by atoms with Gasteiger partial charge in [0.1, 0.15) is 0 Å². The summed E-state index contributed by atoms with van der Waals surface area (Å²) in [5, 5.41) is 3.28. The first-order valence-electron chi connectivity index (χ1n) is 8.07. The average molecular weight is 337 g/mol. The van der Waals surface area contributed by atoms with E-state index in [0.717, 1.165) is 10.1 Å². The summed E-state index contributed by atoms with van der Waals surface area (Å²) in [4.78, 5) is 39.4. The van der Waals surface area contributed by atoms with Crippen LogP contribution in [0.5, 0.6) is 0 Å². The molecule has 0 aliphatic rings. The van der Waals surface area contributed by atoms with E-state index in [1.54, 1.807) is 42.5 Å². The summed E-state index contributed by atoms with van der Waals surface area (Å²) in [6.07, 6.45) is 0. The number of nitrogens with zero attached hydrogens (tertiary/aromatic N) is 1. The molecule has 0 fully saturated rings. The number of anilines is 1. The van der Waals surface area contributed by atoms with Crippen LogP contribution in [0.3, 0.4) is 0 Å². The molecule has 0 bridgehead atoms. The molecule has 0 saturated heterocycles. The summed E-state index contributed by atoms with van der Waals surface area (Å²) in [6, 6.07) is 14.0. The summed E-state index contributed by atoms with van der Waals surface area (Å²) in [6.45, 7) is 3.76. The van der Waals surface area contributed by atoms with Crippen LogP contribution in [0, 0.1) is 5.92 Å². The fourth-order valence-electron chi connectivity index (χ4n) is 2.56. The fraction of sp³-hybridized carbons (Fsp3) is 0.211. The van der Waals surface area contributed by atoms with E-state index in [2.05, 4.69) is 10.3 Å². The minimum absolute atomic E-state index is 0.0853. The second-order valence-electron chi connectivity index (χ2n) is 6.21. The van der Waals surface area contributed by atoms with Crippen molar-refractivity contribution in [2.24, 2.45) is 5.92 Å². The lowest BCUT2D eigenvalue weighted by atomic mass is 10.1. The Labute approximate surface area is 144 Å². The SMILES string of the molecule is CC(C)C(=O)Nc1cccc(Cn2c(=O)[nH]c3ccccc3c2=O)c1. The lowest BCUT2D eigenvalue weighted by molar-refractivity contribution is -0.118. The van der Waals surface area contributed by atoms with Gasteiger partial charge in [-0.25, -0.2) is 4.79 Å². The number of para-hydroxylation sites is 1. The van der Waals surface area contributed by atoms with Gasteiger partial charge in [0, 0.05) is 11.6 Å². The fourth-order valence-corrected chi connectivity index (χ4v) is 2.56. The Kier molecular flexibility index (Phi) is 4.52. The number of amides is 1. The van der Waals surface area contributed by atoms with E-state index in [0.29, 0.717) is 16.6 Å².